The highest BCUT2D eigenvalue weighted by molar-refractivity contribution is 5.81. The van der Waals surface area contributed by atoms with Gasteiger partial charge in [0.15, 0.2) is 0 Å². The van der Waals surface area contributed by atoms with Gasteiger partial charge in [0.2, 0.25) is 5.91 Å². The summed E-state index contributed by atoms with van der Waals surface area (Å²) < 4.78 is 0. The van der Waals surface area contributed by atoms with E-state index in [1.807, 2.05) is 30.3 Å². The van der Waals surface area contributed by atoms with Crippen molar-refractivity contribution >= 4 is 5.91 Å². The van der Waals surface area contributed by atoms with E-state index in [4.69, 9.17) is 5.73 Å². The van der Waals surface area contributed by atoms with E-state index in [1.165, 1.54) is 32.1 Å². The first-order chi connectivity index (χ1) is 10.2. The fraction of sp³-hybridized carbons (Fsp3) is 0.611. The predicted octanol–water partition coefficient (Wildman–Crippen LogP) is 2.89. The van der Waals surface area contributed by atoms with Gasteiger partial charge in [-0.05, 0) is 36.7 Å². The highest BCUT2D eigenvalue weighted by Crippen LogP contribution is 2.30. The second-order valence-corrected chi connectivity index (χ2v) is 6.34. The summed E-state index contributed by atoms with van der Waals surface area (Å²) in [6.45, 7) is 3.06. The number of hydrogen-bond acceptors (Lipinski definition) is 2. The molecule has 1 aromatic carbocycles. The Morgan fingerprint density at radius 3 is 2.43 bits per heavy atom. The molecule has 0 bridgehead atoms. The molecule has 0 aliphatic heterocycles. The summed E-state index contributed by atoms with van der Waals surface area (Å²) in [5, 5.41) is 3.04. The lowest BCUT2D eigenvalue weighted by Crippen LogP contribution is -2.44. The van der Waals surface area contributed by atoms with Crippen LogP contribution in [0.15, 0.2) is 30.3 Å². The summed E-state index contributed by atoms with van der Waals surface area (Å²) in [7, 11) is 0. The minimum atomic E-state index is -0.445. The van der Waals surface area contributed by atoms with Crippen molar-refractivity contribution in [3.63, 3.8) is 0 Å². The summed E-state index contributed by atoms with van der Waals surface area (Å²) in [6, 6.07) is 9.51. The zero-order valence-corrected chi connectivity index (χ0v) is 13.1. The third kappa shape index (κ3) is 5.16. The maximum atomic E-state index is 12.1. The third-order valence-corrected chi connectivity index (χ3v) is 4.74. The van der Waals surface area contributed by atoms with Crippen LogP contribution in [-0.4, -0.2) is 18.5 Å². The molecule has 1 fully saturated rings. The van der Waals surface area contributed by atoms with Crippen LogP contribution >= 0.6 is 0 Å². The molecule has 1 atom stereocenters. The normalized spacial score (nSPS) is 23.5. The van der Waals surface area contributed by atoms with Crippen molar-refractivity contribution in [3.8, 4) is 0 Å². The average Bonchev–Trinajstić information content (AvgIpc) is 2.54. The van der Waals surface area contributed by atoms with E-state index in [-0.39, 0.29) is 5.91 Å². The van der Waals surface area contributed by atoms with Crippen LogP contribution in [-0.2, 0) is 11.2 Å². The number of benzene rings is 1. The Morgan fingerprint density at radius 2 is 1.81 bits per heavy atom. The Hall–Kier alpha value is -1.35. The molecule has 0 aromatic heterocycles. The summed E-state index contributed by atoms with van der Waals surface area (Å²) in [5.74, 6) is 1.52. The van der Waals surface area contributed by atoms with Gasteiger partial charge in [-0.1, -0.05) is 56.5 Å². The fourth-order valence-electron chi connectivity index (χ4n) is 3.18. The Bertz CT molecular complexity index is 424. The van der Waals surface area contributed by atoms with Gasteiger partial charge in [-0.3, -0.25) is 4.79 Å². The van der Waals surface area contributed by atoms with E-state index in [0.717, 1.165) is 18.0 Å². The molecule has 1 aliphatic carbocycles. The molecule has 2 rings (SSSR count). The summed E-state index contributed by atoms with van der Waals surface area (Å²) in [6.07, 6.45) is 7.01. The van der Waals surface area contributed by atoms with E-state index in [0.29, 0.717) is 12.3 Å². The van der Waals surface area contributed by atoms with Crippen molar-refractivity contribution in [2.75, 3.05) is 6.54 Å². The van der Waals surface area contributed by atoms with Gasteiger partial charge in [0.1, 0.15) is 0 Å². The summed E-state index contributed by atoms with van der Waals surface area (Å²) >= 11 is 0. The fourth-order valence-corrected chi connectivity index (χ4v) is 3.18. The highest BCUT2D eigenvalue weighted by atomic mass is 16.2. The zero-order valence-electron chi connectivity index (χ0n) is 13.1. The van der Waals surface area contributed by atoms with Crippen molar-refractivity contribution in [2.45, 2.75) is 51.5 Å². The topological polar surface area (TPSA) is 55.1 Å². The standard InChI is InChI=1S/C18H28N2O/c1-2-14-8-10-16(11-9-14)13-20-18(21)17(19)12-15-6-4-3-5-7-15/h3-7,14,16-17H,2,8-13,19H2,1H3,(H,20,21)/t14?,16?,17-/m0/s1. The van der Waals surface area contributed by atoms with Crippen LogP contribution in [0, 0.1) is 11.8 Å². The molecular formula is C18H28N2O. The number of nitrogens with two attached hydrogens (primary N) is 1. The minimum absolute atomic E-state index is 0.0172. The third-order valence-electron chi connectivity index (χ3n) is 4.74. The number of nitrogens with one attached hydrogen (secondary N) is 1. The molecule has 1 saturated carbocycles. The molecule has 0 unspecified atom stereocenters. The second kappa shape index (κ2) is 8.18. The first-order valence-corrected chi connectivity index (χ1v) is 8.26. The molecule has 3 heteroatoms. The lowest BCUT2D eigenvalue weighted by Gasteiger charge is -2.28. The number of rotatable bonds is 6. The molecule has 1 amide bonds. The largest absolute Gasteiger partial charge is 0.354 e. The van der Waals surface area contributed by atoms with Crippen molar-refractivity contribution in [3.05, 3.63) is 35.9 Å². The van der Waals surface area contributed by atoms with Gasteiger partial charge in [-0.15, -0.1) is 0 Å². The van der Waals surface area contributed by atoms with E-state index in [1.54, 1.807) is 0 Å². The number of hydrogen-bond donors (Lipinski definition) is 2. The Balaban J connectivity index is 1.69. The van der Waals surface area contributed by atoms with Gasteiger partial charge < -0.3 is 11.1 Å². The van der Waals surface area contributed by atoms with Gasteiger partial charge in [0, 0.05) is 6.54 Å². The molecular weight excluding hydrogens is 260 g/mol. The summed E-state index contributed by atoms with van der Waals surface area (Å²) in [5.41, 5.74) is 7.11. The van der Waals surface area contributed by atoms with Gasteiger partial charge in [0.25, 0.3) is 0 Å². The zero-order chi connectivity index (χ0) is 15.1. The van der Waals surface area contributed by atoms with Crippen LogP contribution in [0.4, 0.5) is 0 Å². The molecule has 1 aliphatic rings. The monoisotopic (exact) mass is 288 g/mol. The van der Waals surface area contributed by atoms with Gasteiger partial charge in [-0.25, -0.2) is 0 Å². The predicted molar refractivity (Wildman–Crippen MR) is 86.9 cm³/mol. The molecule has 0 spiro atoms. The molecule has 21 heavy (non-hydrogen) atoms. The first kappa shape index (κ1) is 16.0. The van der Waals surface area contributed by atoms with Crippen LogP contribution < -0.4 is 11.1 Å². The minimum Gasteiger partial charge on any atom is -0.354 e. The van der Waals surface area contributed by atoms with Crippen molar-refractivity contribution < 1.29 is 4.79 Å². The van der Waals surface area contributed by atoms with E-state index >= 15 is 0 Å². The van der Waals surface area contributed by atoms with Crippen LogP contribution in [0.25, 0.3) is 0 Å². The Morgan fingerprint density at radius 1 is 1.19 bits per heavy atom. The maximum Gasteiger partial charge on any atom is 0.237 e. The van der Waals surface area contributed by atoms with Gasteiger partial charge in [0.05, 0.1) is 6.04 Å². The number of carbonyl (C=O) groups is 1. The van der Waals surface area contributed by atoms with Crippen molar-refractivity contribution in [2.24, 2.45) is 17.6 Å². The van der Waals surface area contributed by atoms with E-state index in [2.05, 4.69) is 12.2 Å². The van der Waals surface area contributed by atoms with Crippen molar-refractivity contribution in [1.82, 2.24) is 5.32 Å². The quantitative estimate of drug-likeness (QED) is 0.845. The molecule has 116 valence electrons. The number of carbonyl (C=O) groups excluding carboxylic acids is 1. The van der Waals surface area contributed by atoms with Gasteiger partial charge >= 0.3 is 0 Å². The molecule has 3 nitrogen and oxygen atoms in total. The van der Waals surface area contributed by atoms with Crippen LogP contribution in [0.1, 0.15) is 44.6 Å². The van der Waals surface area contributed by atoms with Crippen molar-refractivity contribution in [1.29, 1.82) is 0 Å². The lowest BCUT2D eigenvalue weighted by molar-refractivity contribution is -0.122. The maximum absolute atomic E-state index is 12.1. The highest BCUT2D eigenvalue weighted by Gasteiger charge is 2.21. The van der Waals surface area contributed by atoms with Crippen LogP contribution in [0.2, 0.25) is 0 Å². The summed E-state index contributed by atoms with van der Waals surface area (Å²) in [4.78, 5) is 12.1. The average molecular weight is 288 g/mol. The second-order valence-electron chi connectivity index (χ2n) is 6.34. The Labute approximate surface area is 128 Å². The Kier molecular flexibility index (Phi) is 6.24. The molecule has 1 aromatic rings. The molecule has 0 heterocycles. The number of amides is 1. The molecule has 0 radical (unpaired) electrons. The molecule has 0 saturated heterocycles. The van der Waals surface area contributed by atoms with Crippen LogP contribution in [0.3, 0.4) is 0 Å². The smallest absolute Gasteiger partial charge is 0.237 e. The molecule has 3 N–H and O–H groups in total. The lowest BCUT2D eigenvalue weighted by atomic mass is 9.81. The SMILES string of the molecule is CCC1CCC(CNC(=O)[C@@H](N)Cc2ccccc2)CC1. The van der Waals surface area contributed by atoms with Crippen LogP contribution in [0.5, 0.6) is 0 Å². The first-order valence-electron chi connectivity index (χ1n) is 8.26. The van der Waals surface area contributed by atoms with Gasteiger partial charge in [-0.2, -0.15) is 0 Å². The van der Waals surface area contributed by atoms with E-state index < -0.39 is 6.04 Å². The van der Waals surface area contributed by atoms with E-state index in [9.17, 15) is 4.79 Å².